The molecule has 1 aromatic heterocycles. The van der Waals surface area contributed by atoms with Gasteiger partial charge in [0.25, 0.3) is 11.7 Å². The van der Waals surface area contributed by atoms with E-state index in [1.807, 2.05) is 19.1 Å². The number of ketones is 1. The fourth-order valence-electron chi connectivity index (χ4n) is 4.01. The number of rotatable bonds is 6. The van der Waals surface area contributed by atoms with Crippen molar-refractivity contribution in [1.82, 2.24) is 9.80 Å². The summed E-state index contributed by atoms with van der Waals surface area (Å²) in [6.07, 6.45) is 2.23. The zero-order chi connectivity index (χ0) is 21.1. The average molecular weight is 410 g/mol. The molecule has 1 atom stereocenters. The van der Waals surface area contributed by atoms with Crippen LogP contribution in [0.25, 0.3) is 5.76 Å². The molecule has 30 heavy (non-hydrogen) atoms. The lowest BCUT2D eigenvalue weighted by Crippen LogP contribution is -2.38. The quantitative estimate of drug-likeness (QED) is 0.448. The van der Waals surface area contributed by atoms with Crippen molar-refractivity contribution in [2.45, 2.75) is 19.4 Å². The molecule has 7 nitrogen and oxygen atoms in total. The maximum absolute atomic E-state index is 12.9. The number of carbonyl (C=O) groups excluding carboxylic acids is 2. The number of aliphatic hydroxyl groups is 1. The van der Waals surface area contributed by atoms with Crippen molar-refractivity contribution in [1.29, 1.82) is 0 Å². The summed E-state index contributed by atoms with van der Waals surface area (Å²) in [5, 5.41) is 10.9. The Kier molecular flexibility index (Phi) is 6.01. The number of hydrogen-bond acceptors (Lipinski definition) is 6. The van der Waals surface area contributed by atoms with Crippen LogP contribution in [0.3, 0.4) is 0 Å². The molecule has 1 amide bonds. The number of aryl methyl sites for hydroxylation is 1. The van der Waals surface area contributed by atoms with Crippen molar-refractivity contribution in [2.24, 2.45) is 0 Å². The van der Waals surface area contributed by atoms with Gasteiger partial charge in [-0.25, -0.2) is 0 Å². The smallest absolute Gasteiger partial charge is 0.295 e. The topological polar surface area (TPSA) is 83.2 Å². The van der Waals surface area contributed by atoms with Crippen molar-refractivity contribution in [3.05, 3.63) is 65.1 Å². The summed E-state index contributed by atoms with van der Waals surface area (Å²) in [4.78, 5) is 29.5. The number of Topliss-reactive ketones (excluding diaryl/α,β-unsaturated/α-hetero) is 1. The number of hydrogen-bond donors (Lipinski definition) is 1. The van der Waals surface area contributed by atoms with Crippen LogP contribution in [0.5, 0.6) is 0 Å². The molecule has 0 saturated carbocycles. The third-order valence-electron chi connectivity index (χ3n) is 5.65. The highest BCUT2D eigenvalue weighted by Crippen LogP contribution is 2.39. The van der Waals surface area contributed by atoms with Crippen molar-refractivity contribution in [2.75, 3.05) is 39.4 Å². The Morgan fingerprint density at radius 2 is 1.83 bits per heavy atom. The van der Waals surface area contributed by atoms with E-state index in [2.05, 4.69) is 4.90 Å². The number of aliphatic hydroxyl groups excluding tert-OH is 1. The highest BCUT2D eigenvalue weighted by Gasteiger charge is 2.47. The molecule has 0 aliphatic carbocycles. The maximum atomic E-state index is 12.9. The third kappa shape index (κ3) is 4.04. The molecule has 0 spiro atoms. The van der Waals surface area contributed by atoms with Gasteiger partial charge in [-0.1, -0.05) is 29.8 Å². The van der Waals surface area contributed by atoms with Gasteiger partial charge in [0.1, 0.15) is 17.6 Å². The largest absolute Gasteiger partial charge is 0.507 e. The molecule has 2 aromatic rings. The molecule has 2 saturated heterocycles. The minimum Gasteiger partial charge on any atom is -0.507 e. The Morgan fingerprint density at radius 3 is 2.50 bits per heavy atom. The first-order chi connectivity index (χ1) is 14.6. The normalized spacial score (nSPS) is 22.0. The maximum Gasteiger partial charge on any atom is 0.295 e. The van der Waals surface area contributed by atoms with Gasteiger partial charge in [0, 0.05) is 31.7 Å². The summed E-state index contributed by atoms with van der Waals surface area (Å²) < 4.78 is 10.9. The lowest BCUT2D eigenvalue weighted by atomic mass is 9.99. The standard InChI is InChI=1S/C23H26N2O5/c1-16-5-7-17(8-6-16)21(26)19-20(18-4-2-13-30-18)25(23(28)22(19)27)10-3-9-24-11-14-29-15-12-24/h2,4-8,13,20,26H,3,9-12,14-15H2,1H3/t20-/m0/s1. The highest BCUT2D eigenvalue weighted by molar-refractivity contribution is 6.46. The second-order valence-corrected chi connectivity index (χ2v) is 7.68. The molecule has 2 aliphatic heterocycles. The molecule has 158 valence electrons. The first kappa shape index (κ1) is 20.4. The van der Waals surface area contributed by atoms with Gasteiger partial charge in [-0.3, -0.25) is 14.5 Å². The van der Waals surface area contributed by atoms with Crippen molar-refractivity contribution in [3.63, 3.8) is 0 Å². The molecule has 0 radical (unpaired) electrons. The van der Waals surface area contributed by atoms with Crippen molar-refractivity contribution >= 4 is 17.4 Å². The van der Waals surface area contributed by atoms with Crippen LogP contribution in [0.2, 0.25) is 0 Å². The SMILES string of the molecule is Cc1ccc(C(O)=C2C(=O)C(=O)N(CCCN3CCOCC3)[C@H]2c2ccco2)cc1. The summed E-state index contributed by atoms with van der Waals surface area (Å²) in [7, 11) is 0. The summed E-state index contributed by atoms with van der Waals surface area (Å²) in [6.45, 7) is 6.33. The second-order valence-electron chi connectivity index (χ2n) is 7.68. The van der Waals surface area contributed by atoms with E-state index in [-0.39, 0.29) is 11.3 Å². The number of amides is 1. The zero-order valence-corrected chi connectivity index (χ0v) is 17.0. The lowest BCUT2D eigenvalue weighted by Gasteiger charge is -2.28. The van der Waals surface area contributed by atoms with Crippen LogP contribution >= 0.6 is 0 Å². The Bertz CT molecular complexity index is 927. The number of morpholine rings is 1. The van der Waals surface area contributed by atoms with Gasteiger partial charge in [-0.15, -0.1) is 0 Å². The van der Waals surface area contributed by atoms with Gasteiger partial charge < -0.3 is 19.2 Å². The monoisotopic (exact) mass is 410 g/mol. The lowest BCUT2D eigenvalue weighted by molar-refractivity contribution is -0.140. The van der Waals surface area contributed by atoms with Gasteiger partial charge in [0.15, 0.2) is 0 Å². The molecule has 1 N–H and O–H groups in total. The Labute approximate surface area is 175 Å². The summed E-state index contributed by atoms with van der Waals surface area (Å²) in [5.74, 6) is -0.993. The number of likely N-dealkylation sites (tertiary alicyclic amines) is 1. The molecule has 4 rings (SSSR count). The van der Waals surface area contributed by atoms with Crippen molar-refractivity contribution in [3.8, 4) is 0 Å². The fraction of sp³-hybridized carbons (Fsp3) is 0.391. The van der Waals surface area contributed by atoms with E-state index in [0.29, 0.717) is 31.1 Å². The number of furan rings is 1. The van der Waals surface area contributed by atoms with Crippen LogP contribution in [0, 0.1) is 6.92 Å². The first-order valence-electron chi connectivity index (χ1n) is 10.2. The number of carbonyl (C=O) groups is 2. The summed E-state index contributed by atoms with van der Waals surface area (Å²) >= 11 is 0. The van der Waals surface area contributed by atoms with E-state index in [4.69, 9.17) is 9.15 Å². The third-order valence-corrected chi connectivity index (χ3v) is 5.65. The van der Waals surface area contributed by atoms with Gasteiger partial charge in [-0.05, 0) is 25.5 Å². The van der Waals surface area contributed by atoms with Crippen LogP contribution in [0.4, 0.5) is 0 Å². The Hall–Kier alpha value is -2.90. The second kappa shape index (κ2) is 8.85. The molecule has 0 unspecified atom stereocenters. The average Bonchev–Trinajstić information content (AvgIpc) is 3.37. The van der Waals surface area contributed by atoms with Gasteiger partial charge in [0.05, 0.1) is 25.1 Å². The van der Waals surface area contributed by atoms with Crippen LogP contribution in [-0.2, 0) is 14.3 Å². The first-order valence-corrected chi connectivity index (χ1v) is 10.2. The van der Waals surface area contributed by atoms with E-state index < -0.39 is 17.7 Å². The molecule has 7 heteroatoms. The molecule has 2 aliphatic rings. The molecular weight excluding hydrogens is 384 g/mol. The highest BCUT2D eigenvalue weighted by atomic mass is 16.5. The molecule has 0 bridgehead atoms. The number of ether oxygens (including phenoxy) is 1. The van der Waals surface area contributed by atoms with Crippen LogP contribution < -0.4 is 0 Å². The molecule has 1 aromatic carbocycles. The Morgan fingerprint density at radius 1 is 1.10 bits per heavy atom. The summed E-state index contributed by atoms with van der Waals surface area (Å²) in [5.41, 5.74) is 1.62. The van der Waals surface area contributed by atoms with E-state index in [1.165, 1.54) is 11.2 Å². The van der Waals surface area contributed by atoms with E-state index in [1.54, 1.807) is 24.3 Å². The molecular formula is C23H26N2O5. The van der Waals surface area contributed by atoms with E-state index in [9.17, 15) is 14.7 Å². The minimum absolute atomic E-state index is 0.0742. The minimum atomic E-state index is -0.731. The van der Waals surface area contributed by atoms with Gasteiger partial charge in [-0.2, -0.15) is 0 Å². The number of nitrogens with zero attached hydrogens (tertiary/aromatic N) is 2. The van der Waals surface area contributed by atoms with Crippen LogP contribution in [0.15, 0.2) is 52.7 Å². The van der Waals surface area contributed by atoms with E-state index >= 15 is 0 Å². The molecule has 3 heterocycles. The molecule has 2 fully saturated rings. The van der Waals surface area contributed by atoms with Crippen LogP contribution in [0.1, 0.15) is 29.3 Å². The predicted octanol–water partition coefficient (Wildman–Crippen LogP) is 2.73. The predicted molar refractivity (Wildman–Crippen MR) is 111 cm³/mol. The number of benzene rings is 1. The van der Waals surface area contributed by atoms with Crippen molar-refractivity contribution < 1.29 is 23.8 Å². The van der Waals surface area contributed by atoms with E-state index in [0.717, 1.165) is 31.6 Å². The van der Waals surface area contributed by atoms with Gasteiger partial charge >= 0.3 is 0 Å². The zero-order valence-electron chi connectivity index (χ0n) is 17.0. The van der Waals surface area contributed by atoms with Crippen LogP contribution in [-0.4, -0.2) is 66.0 Å². The fourth-order valence-corrected chi connectivity index (χ4v) is 4.01. The summed E-state index contributed by atoms with van der Waals surface area (Å²) in [6, 6.07) is 9.92. The van der Waals surface area contributed by atoms with Gasteiger partial charge in [0.2, 0.25) is 0 Å². The Balaban J connectivity index is 1.61.